The average molecular weight is 374 g/mol. The number of nitrogens with one attached hydrogen (secondary N) is 2. The first-order valence-electron chi connectivity index (χ1n) is 8.37. The number of amides is 3. The highest BCUT2D eigenvalue weighted by Gasteiger charge is 2.39. The number of carbonyl (C=O) groups excluding carboxylic acids is 3. The van der Waals surface area contributed by atoms with Gasteiger partial charge >= 0.3 is 0 Å². The number of benzene rings is 1. The van der Waals surface area contributed by atoms with Crippen molar-refractivity contribution in [3.05, 3.63) is 35.4 Å². The molecule has 1 aromatic carbocycles. The number of nitriles is 1. The van der Waals surface area contributed by atoms with Crippen molar-refractivity contribution in [3.8, 4) is 6.07 Å². The highest BCUT2D eigenvalue weighted by atomic mass is 32.2. The van der Waals surface area contributed by atoms with E-state index in [-0.39, 0.29) is 36.1 Å². The predicted molar refractivity (Wildman–Crippen MR) is 99.6 cm³/mol. The van der Waals surface area contributed by atoms with Crippen molar-refractivity contribution in [1.82, 2.24) is 15.5 Å². The fourth-order valence-corrected chi connectivity index (χ4v) is 3.42. The summed E-state index contributed by atoms with van der Waals surface area (Å²) in [7, 11) is 0. The van der Waals surface area contributed by atoms with Gasteiger partial charge in [-0.05, 0) is 31.7 Å². The Morgan fingerprint density at radius 1 is 1.35 bits per heavy atom. The molecule has 0 radical (unpaired) electrons. The number of rotatable bonds is 6. The molecule has 1 aliphatic rings. The molecule has 1 aliphatic heterocycles. The zero-order valence-corrected chi connectivity index (χ0v) is 15.6. The van der Waals surface area contributed by atoms with Crippen molar-refractivity contribution in [2.24, 2.45) is 0 Å². The molecule has 0 unspecified atom stereocenters. The quantitative estimate of drug-likeness (QED) is 0.765. The Labute approximate surface area is 157 Å². The molecule has 26 heavy (non-hydrogen) atoms. The number of likely N-dealkylation sites (tertiary alicyclic amines) is 1. The minimum atomic E-state index is -0.592. The molecule has 8 heteroatoms. The molecule has 0 saturated carbocycles. The van der Waals surface area contributed by atoms with Crippen LogP contribution in [0.4, 0.5) is 0 Å². The van der Waals surface area contributed by atoms with Gasteiger partial charge in [0.2, 0.25) is 11.8 Å². The molecule has 1 saturated heterocycles. The second kappa shape index (κ2) is 9.25. The third-order valence-electron chi connectivity index (χ3n) is 4.17. The summed E-state index contributed by atoms with van der Waals surface area (Å²) in [5, 5.41) is 14.7. The van der Waals surface area contributed by atoms with Crippen molar-refractivity contribution in [2.75, 3.05) is 25.1 Å². The number of carbonyl (C=O) groups is 3. The van der Waals surface area contributed by atoms with Gasteiger partial charge in [0.15, 0.2) is 0 Å². The number of thioether (sulfide) groups is 1. The summed E-state index contributed by atoms with van der Waals surface area (Å²) in [5.41, 5.74) is 0.581. The predicted octanol–water partition coefficient (Wildman–Crippen LogP) is 0.757. The van der Waals surface area contributed by atoms with Crippen LogP contribution in [0.5, 0.6) is 0 Å². The van der Waals surface area contributed by atoms with Crippen LogP contribution in [0.3, 0.4) is 0 Å². The molecule has 2 atom stereocenters. The molecule has 7 nitrogen and oxygen atoms in total. The van der Waals surface area contributed by atoms with E-state index in [1.807, 2.05) is 19.2 Å². The van der Waals surface area contributed by atoms with Gasteiger partial charge in [-0.25, -0.2) is 0 Å². The van der Waals surface area contributed by atoms with Gasteiger partial charge in [0.1, 0.15) is 6.04 Å². The first kappa shape index (κ1) is 19.8. The average Bonchev–Trinajstić information content (AvgIpc) is 3.06. The Morgan fingerprint density at radius 3 is 2.73 bits per heavy atom. The molecule has 2 N–H and O–H groups in total. The topological polar surface area (TPSA) is 102 Å². The summed E-state index contributed by atoms with van der Waals surface area (Å²) in [4.78, 5) is 38.7. The van der Waals surface area contributed by atoms with E-state index in [4.69, 9.17) is 5.26 Å². The fraction of sp³-hybridized carbons (Fsp3) is 0.444. The van der Waals surface area contributed by atoms with Gasteiger partial charge < -0.3 is 15.5 Å². The van der Waals surface area contributed by atoms with Crippen LogP contribution in [0.1, 0.15) is 29.3 Å². The van der Waals surface area contributed by atoms with Crippen molar-refractivity contribution in [2.45, 2.75) is 25.4 Å². The van der Waals surface area contributed by atoms with Gasteiger partial charge in [-0.15, -0.1) is 0 Å². The Morgan fingerprint density at radius 2 is 2.08 bits per heavy atom. The van der Waals surface area contributed by atoms with Crippen LogP contribution in [0.2, 0.25) is 0 Å². The van der Waals surface area contributed by atoms with E-state index in [1.165, 1.54) is 16.7 Å². The van der Waals surface area contributed by atoms with Gasteiger partial charge in [0.05, 0.1) is 22.9 Å². The van der Waals surface area contributed by atoms with Crippen LogP contribution in [-0.2, 0) is 9.59 Å². The van der Waals surface area contributed by atoms with Gasteiger partial charge in [0, 0.05) is 19.1 Å². The second-order valence-electron chi connectivity index (χ2n) is 5.95. The normalized spacial score (nSPS) is 18.9. The number of hydrogen-bond acceptors (Lipinski definition) is 5. The maximum Gasteiger partial charge on any atom is 0.252 e. The van der Waals surface area contributed by atoms with Crippen LogP contribution in [0, 0.1) is 11.3 Å². The minimum Gasteiger partial charge on any atom is -0.355 e. The van der Waals surface area contributed by atoms with Gasteiger partial charge in [-0.2, -0.15) is 17.0 Å². The van der Waals surface area contributed by atoms with Crippen LogP contribution >= 0.6 is 11.8 Å². The summed E-state index contributed by atoms with van der Waals surface area (Å²) in [6.45, 7) is 2.58. The molecule has 138 valence electrons. The monoisotopic (exact) mass is 374 g/mol. The molecule has 1 aromatic rings. The summed E-state index contributed by atoms with van der Waals surface area (Å²) in [5.74, 6) is -0.423. The van der Waals surface area contributed by atoms with Crippen molar-refractivity contribution in [3.63, 3.8) is 0 Å². The molecular weight excluding hydrogens is 352 g/mol. The van der Waals surface area contributed by atoms with Gasteiger partial charge in [-0.3, -0.25) is 14.4 Å². The lowest BCUT2D eigenvalue weighted by atomic mass is 10.1. The largest absolute Gasteiger partial charge is 0.355 e. The Balaban J connectivity index is 2.13. The molecule has 0 aliphatic carbocycles. The molecule has 1 fully saturated rings. The lowest BCUT2D eigenvalue weighted by Gasteiger charge is -2.23. The Hall–Kier alpha value is -2.53. The zero-order chi connectivity index (χ0) is 19.1. The molecule has 0 aromatic heterocycles. The zero-order valence-electron chi connectivity index (χ0n) is 14.8. The standard InChI is InChI=1S/C18H22N4O3S/c1-3-20-18(25)15-8-13(10-22(15)16(23)11-26-2)21-17(24)14-7-5-4-6-12(14)9-19/h4-7,13,15H,3,8,10-11H2,1-2H3,(H,20,25)(H,21,24)/t13-,15+/m1/s1. The van der Waals surface area contributed by atoms with Crippen molar-refractivity contribution >= 4 is 29.5 Å². The Kier molecular flexibility index (Phi) is 7.04. The highest BCUT2D eigenvalue weighted by Crippen LogP contribution is 2.20. The molecular formula is C18H22N4O3S. The molecule has 3 amide bonds. The van der Waals surface area contributed by atoms with E-state index in [1.54, 1.807) is 24.3 Å². The lowest BCUT2D eigenvalue weighted by Crippen LogP contribution is -2.46. The maximum absolute atomic E-state index is 12.5. The third-order valence-corrected chi connectivity index (χ3v) is 4.71. The van der Waals surface area contributed by atoms with E-state index in [0.29, 0.717) is 24.1 Å². The smallest absolute Gasteiger partial charge is 0.252 e. The van der Waals surface area contributed by atoms with Crippen LogP contribution < -0.4 is 10.6 Å². The van der Waals surface area contributed by atoms with Crippen LogP contribution in [0.25, 0.3) is 0 Å². The molecule has 1 heterocycles. The van der Waals surface area contributed by atoms with E-state index in [2.05, 4.69) is 10.6 Å². The summed E-state index contributed by atoms with van der Waals surface area (Å²) >= 11 is 1.39. The lowest BCUT2D eigenvalue weighted by molar-refractivity contribution is -0.136. The molecule has 0 bridgehead atoms. The molecule has 2 rings (SSSR count). The van der Waals surface area contributed by atoms with E-state index >= 15 is 0 Å². The van der Waals surface area contributed by atoms with E-state index < -0.39 is 6.04 Å². The number of nitrogens with zero attached hydrogens (tertiary/aromatic N) is 2. The summed E-state index contributed by atoms with van der Waals surface area (Å²) in [6, 6.07) is 7.61. The summed E-state index contributed by atoms with van der Waals surface area (Å²) in [6.07, 6.45) is 2.18. The third kappa shape index (κ3) is 4.55. The SMILES string of the molecule is CCNC(=O)[C@@H]1C[C@@H](NC(=O)c2ccccc2C#N)CN1C(=O)CSC. The minimum absolute atomic E-state index is 0.122. The van der Waals surface area contributed by atoms with Crippen LogP contribution in [-0.4, -0.2) is 59.8 Å². The van der Waals surface area contributed by atoms with Crippen LogP contribution in [0.15, 0.2) is 24.3 Å². The first-order chi connectivity index (χ1) is 12.5. The first-order valence-corrected chi connectivity index (χ1v) is 9.77. The van der Waals surface area contributed by atoms with Gasteiger partial charge in [0.25, 0.3) is 5.91 Å². The highest BCUT2D eigenvalue weighted by molar-refractivity contribution is 7.99. The van der Waals surface area contributed by atoms with E-state index in [9.17, 15) is 14.4 Å². The summed E-state index contributed by atoms with van der Waals surface area (Å²) < 4.78 is 0. The van der Waals surface area contributed by atoms with Gasteiger partial charge in [-0.1, -0.05) is 12.1 Å². The Bertz CT molecular complexity index is 705. The molecule has 0 spiro atoms. The van der Waals surface area contributed by atoms with Crippen molar-refractivity contribution < 1.29 is 14.4 Å². The van der Waals surface area contributed by atoms with Crippen molar-refractivity contribution in [1.29, 1.82) is 5.26 Å². The number of hydrogen-bond donors (Lipinski definition) is 2. The van der Waals surface area contributed by atoms with E-state index in [0.717, 1.165) is 0 Å². The second-order valence-corrected chi connectivity index (χ2v) is 6.82. The fourth-order valence-electron chi connectivity index (χ4n) is 3.00. The number of likely N-dealkylation sites (N-methyl/N-ethyl adjacent to an activating group) is 1. The maximum atomic E-state index is 12.5.